The molecule has 0 aromatic heterocycles. The molecule has 22 heavy (non-hydrogen) atoms. The van der Waals surface area contributed by atoms with Gasteiger partial charge in [-0.25, -0.2) is 13.2 Å². The molecule has 0 aliphatic rings. The van der Waals surface area contributed by atoms with Crippen LogP contribution in [-0.2, 0) is 20.4 Å². The monoisotopic (exact) mass is 316 g/mol. The largest absolute Gasteiger partial charge is 0.423 e. The fraction of sp³-hybridized carbons (Fsp3) is 0.118. The second-order valence-corrected chi connectivity index (χ2v) is 6.88. The number of hydrogen-bond donors (Lipinski definition) is 0. The highest BCUT2D eigenvalue weighted by molar-refractivity contribution is 7.90. The van der Waals surface area contributed by atoms with Crippen molar-refractivity contribution in [1.29, 1.82) is 0 Å². The van der Waals surface area contributed by atoms with Gasteiger partial charge >= 0.3 is 5.97 Å². The Morgan fingerprint density at radius 2 is 1.64 bits per heavy atom. The second kappa shape index (κ2) is 6.58. The lowest BCUT2D eigenvalue weighted by molar-refractivity contribution is -0.130. The van der Waals surface area contributed by atoms with Crippen LogP contribution in [0.15, 0.2) is 71.6 Å². The average molecular weight is 316 g/mol. The number of carbonyl (C=O) groups excluding carboxylic acids is 1. The first-order valence-corrected chi connectivity index (χ1v) is 8.28. The highest BCUT2D eigenvalue weighted by Gasteiger charge is 2.15. The van der Waals surface area contributed by atoms with Crippen LogP contribution >= 0.6 is 0 Å². The van der Waals surface area contributed by atoms with Crippen LogP contribution in [0.1, 0.15) is 12.5 Å². The molecule has 0 unspecified atom stereocenters. The molecule has 5 heteroatoms. The molecule has 114 valence electrons. The molecule has 0 fully saturated rings. The summed E-state index contributed by atoms with van der Waals surface area (Å²) >= 11 is 0. The van der Waals surface area contributed by atoms with Gasteiger partial charge in [-0.1, -0.05) is 36.9 Å². The summed E-state index contributed by atoms with van der Waals surface area (Å²) in [6, 6.07) is 14.7. The number of carbonyl (C=O) groups is 1. The number of benzene rings is 2. The quantitative estimate of drug-likeness (QED) is 0.483. The van der Waals surface area contributed by atoms with Crippen molar-refractivity contribution in [3.63, 3.8) is 0 Å². The topological polar surface area (TPSA) is 60.4 Å². The second-order valence-electron chi connectivity index (χ2n) is 4.89. The Balaban J connectivity index is 2.15. The third kappa shape index (κ3) is 4.05. The minimum Gasteiger partial charge on any atom is -0.423 e. The zero-order valence-electron chi connectivity index (χ0n) is 12.2. The van der Waals surface area contributed by atoms with Crippen molar-refractivity contribution < 1.29 is 17.9 Å². The van der Waals surface area contributed by atoms with E-state index in [4.69, 9.17) is 4.74 Å². The predicted octanol–water partition coefficient (Wildman–Crippen LogP) is 3.14. The Morgan fingerprint density at radius 3 is 2.18 bits per heavy atom. The molecular weight excluding hydrogens is 300 g/mol. The van der Waals surface area contributed by atoms with E-state index in [-0.39, 0.29) is 22.0 Å². The maximum Gasteiger partial charge on any atom is 0.338 e. The van der Waals surface area contributed by atoms with Gasteiger partial charge in [-0.2, -0.15) is 0 Å². The molecule has 0 heterocycles. The Hall–Kier alpha value is -2.40. The van der Waals surface area contributed by atoms with Gasteiger partial charge in [0.15, 0.2) is 9.84 Å². The molecule has 0 radical (unpaired) electrons. The normalized spacial score (nSPS) is 11.0. The van der Waals surface area contributed by atoms with E-state index in [1.165, 1.54) is 24.3 Å². The number of rotatable bonds is 5. The predicted molar refractivity (Wildman–Crippen MR) is 84.2 cm³/mol. The van der Waals surface area contributed by atoms with Crippen molar-refractivity contribution in [2.45, 2.75) is 17.6 Å². The van der Waals surface area contributed by atoms with E-state index in [0.717, 1.165) is 5.56 Å². The van der Waals surface area contributed by atoms with Crippen LogP contribution in [0, 0.1) is 0 Å². The summed E-state index contributed by atoms with van der Waals surface area (Å²) < 4.78 is 29.7. The maximum atomic E-state index is 12.3. The summed E-state index contributed by atoms with van der Waals surface area (Å²) in [5.74, 6) is -0.329. The molecule has 0 aliphatic carbocycles. The van der Waals surface area contributed by atoms with Crippen molar-refractivity contribution in [1.82, 2.24) is 0 Å². The van der Waals surface area contributed by atoms with E-state index in [9.17, 15) is 13.2 Å². The molecule has 0 amide bonds. The fourth-order valence-corrected chi connectivity index (χ4v) is 3.13. The first-order chi connectivity index (χ1) is 10.4. The minimum absolute atomic E-state index is 0.0707. The molecule has 2 rings (SSSR count). The zero-order chi connectivity index (χ0) is 16.2. The maximum absolute atomic E-state index is 12.3. The smallest absolute Gasteiger partial charge is 0.338 e. The molecular formula is C17H16O4S. The summed E-state index contributed by atoms with van der Waals surface area (Å²) in [5, 5.41) is 0. The number of hydrogen-bond acceptors (Lipinski definition) is 4. The first kappa shape index (κ1) is 16.0. The lowest BCUT2D eigenvalue weighted by Crippen LogP contribution is -2.09. The Bertz CT molecular complexity index is 775. The molecule has 2 aromatic rings. The van der Waals surface area contributed by atoms with Crippen molar-refractivity contribution in [3.05, 3.63) is 72.3 Å². The molecule has 0 atom stereocenters. The highest BCUT2D eigenvalue weighted by atomic mass is 32.2. The van der Waals surface area contributed by atoms with Gasteiger partial charge in [0.25, 0.3) is 0 Å². The van der Waals surface area contributed by atoms with Crippen LogP contribution in [0.3, 0.4) is 0 Å². The number of sulfone groups is 1. The number of ether oxygens (including phenoxy) is 1. The standard InChI is InChI=1S/C17H16O4S/c1-13(2)17(18)21-15-8-10-16(11-9-15)22(19,20)12-14-6-4-3-5-7-14/h3-11H,1,12H2,2H3. The zero-order valence-corrected chi connectivity index (χ0v) is 13.0. The Kier molecular flexibility index (Phi) is 4.78. The third-order valence-electron chi connectivity index (χ3n) is 2.94. The van der Waals surface area contributed by atoms with Crippen molar-refractivity contribution in [2.75, 3.05) is 0 Å². The molecule has 0 saturated heterocycles. The SMILES string of the molecule is C=C(C)C(=O)Oc1ccc(S(=O)(=O)Cc2ccccc2)cc1. The van der Waals surface area contributed by atoms with Crippen LogP contribution < -0.4 is 4.74 Å². The van der Waals surface area contributed by atoms with E-state index >= 15 is 0 Å². The molecule has 0 N–H and O–H groups in total. The van der Waals surface area contributed by atoms with E-state index in [1.807, 2.05) is 6.07 Å². The number of esters is 1. The van der Waals surface area contributed by atoms with Crippen LogP contribution in [0.5, 0.6) is 5.75 Å². The third-order valence-corrected chi connectivity index (χ3v) is 4.65. The fourth-order valence-electron chi connectivity index (χ4n) is 1.79. The summed E-state index contributed by atoms with van der Waals surface area (Å²) in [6.45, 7) is 5.03. The van der Waals surface area contributed by atoms with Gasteiger partial charge < -0.3 is 4.74 Å². The first-order valence-electron chi connectivity index (χ1n) is 6.63. The van der Waals surface area contributed by atoms with Gasteiger partial charge in [0, 0.05) is 5.57 Å². The Morgan fingerprint density at radius 1 is 1.05 bits per heavy atom. The molecule has 2 aromatic carbocycles. The van der Waals surface area contributed by atoms with Gasteiger partial charge in [-0.15, -0.1) is 0 Å². The van der Waals surface area contributed by atoms with E-state index in [2.05, 4.69) is 6.58 Å². The summed E-state index contributed by atoms with van der Waals surface area (Å²) in [6.07, 6.45) is 0. The summed E-state index contributed by atoms with van der Waals surface area (Å²) in [5.41, 5.74) is 1.00. The average Bonchev–Trinajstić information content (AvgIpc) is 2.48. The van der Waals surface area contributed by atoms with Gasteiger partial charge in [0.2, 0.25) is 0 Å². The van der Waals surface area contributed by atoms with Gasteiger partial charge in [0.1, 0.15) is 5.75 Å². The van der Waals surface area contributed by atoms with Gasteiger partial charge in [0.05, 0.1) is 10.6 Å². The van der Waals surface area contributed by atoms with Crippen molar-refractivity contribution >= 4 is 15.8 Å². The molecule has 0 saturated carbocycles. The van der Waals surface area contributed by atoms with Crippen LogP contribution in [0.2, 0.25) is 0 Å². The van der Waals surface area contributed by atoms with E-state index in [0.29, 0.717) is 0 Å². The lowest BCUT2D eigenvalue weighted by atomic mass is 10.2. The molecule has 0 bridgehead atoms. The lowest BCUT2D eigenvalue weighted by Gasteiger charge is -2.07. The summed E-state index contributed by atoms with van der Waals surface area (Å²) in [7, 11) is -3.43. The van der Waals surface area contributed by atoms with Gasteiger partial charge in [-0.05, 0) is 36.8 Å². The molecule has 0 spiro atoms. The minimum atomic E-state index is -3.43. The summed E-state index contributed by atoms with van der Waals surface area (Å²) in [4.78, 5) is 11.6. The molecule has 4 nitrogen and oxygen atoms in total. The van der Waals surface area contributed by atoms with Crippen molar-refractivity contribution in [3.8, 4) is 5.75 Å². The van der Waals surface area contributed by atoms with Gasteiger partial charge in [-0.3, -0.25) is 0 Å². The van der Waals surface area contributed by atoms with Crippen LogP contribution in [-0.4, -0.2) is 14.4 Å². The molecule has 0 aliphatic heterocycles. The van der Waals surface area contributed by atoms with Crippen LogP contribution in [0.25, 0.3) is 0 Å². The van der Waals surface area contributed by atoms with Crippen LogP contribution in [0.4, 0.5) is 0 Å². The van der Waals surface area contributed by atoms with E-state index in [1.54, 1.807) is 31.2 Å². The Labute approximate surface area is 130 Å². The van der Waals surface area contributed by atoms with Crippen molar-refractivity contribution in [2.24, 2.45) is 0 Å². The highest BCUT2D eigenvalue weighted by Crippen LogP contribution is 2.20. The van der Waals surface area contributed by atoms with E-state index < -0.39 is 15.8 Å².